The third-order valence-electron chi connectivity index (χ3n) is 3.70. The van der Waals surface area contributed by atoms with E-state index in [1.807, 2.05) is 12.1 Å². The summed E-state index contributed by atoms with van der Waals surface area (Å²) in [6.07, 6.45) is -0.501. The number of nitrogens with one attached hydrogen (secondary N) is 2. The van der Waals surface area contributed by atoms with Crippen LogP contribution in [0.25, 0.3) is 0 Å². The van der Waals surface area contributed by atoms with Gasteiger partial charge in [-0.15, -0.1) is 0 Å². The molecule has 1 aromatic rings. The second kappa shape index (κ2) is 7.48. The summed E-state index contributed by atoms with van der Waals surface area (Å²) in [6.45, 7) is 2.84. The zero-order valence-electron chi connectivity index (χ0n) is 12.8. The summed E-state index contributed by atoms with van der Waals surface area (Å²) in [5.41, 5.74) is 2.02. The molecular weight excluding hydrogens is 342 g/mol. The number of fused-ring (bicyclic) bond motifs is 1. The summed E-state index contributed by atoms with van der Waals surface area (Å²) in [6, 6.07) is 5.47. The van der Waals surface area contributed by atoms with E-state index in [2.05, 4.69) is 10.0 Å². The predicted octanol–water partition coefficient (Wildman–Crippen LogP) is 1.44. The Balaban J connectivity index is 1.93. The van der Waals surface area contributed by atoms with Crippen LogP contribution in [0.4, 0.5) is 4.79 Å². The minimum absolute atomic E-state index is 0.142. The van der Waals surface area contributed by atoms with E-state index >= 15 is 0 Å². The molecule has 2 rings (SSSR count). The lowest BCUT2D eigenvalue weighted by atomic mass is 10.0. The van der Waals surface area contributed by atoms with Gasteiger partial charge in [0.25, 0.3) is 10.2 Å². The topological polar surface area (TPSA) is 98.7 Å². The zero-order chi connectivity index (χ0) is 17.0. The standard InChI is InChI=1S/C14H20ClN3O4S/c1-10(7-16-14(19)20)8-17-23(21,22)18-5-4-11-6-13(15)3-2-12(11)9-18/h2-3,6,10,16-17H,4-5,7-9H2,1H3,(H,19,20). The minimum Gasteiger partial charge on any atom is -0.465 e. The molecule has 0 fully saturated rings. The molecule has 0 radical (unpaired) electrons. The van der Waals surface area contributed by atoms with Crippen molar-refractivity contribution < 1.29 is 18.3 Å². The van der Waals surface area contributed by atoms with E-state index in [0.717, 1.165) is 11.1 Å². The highest BCUT2D eigenvalue weighted by Crippen LogP contribution is 2.23. The van der Waals surface area contributed by atoms with Gasteiger partial charge in [-0.3, -0.25) is 0 Å². The van der Waals surface area contributed by atoms with Crippen LogP contribution in [-0.2, 0) is 23.2 Å². The molecule has 9 heteroatoms. The van der Waals surface area contributed by atoms with Crippen molar-refractivity contribution in [1.82, 2.24) is 14.3 Å². The van der Waals surface area contributed by atoms with E-state index in [-0.39, 0.29) is 19.0 Å². The molecule has 1 atom stereocenters. The van der Waals surface area contributed by atoms with E-state index in [1.165, 1.54) is 4.31 Å². The molecule has 1 amide bonds. The van der Waals surface area contributed by atoms with E-state index in [9.17, 15) is 13.2 Å². The first-order valence-corrected chi connectivity index (χ1v) is 9.08. The number of carboxylic acid groups (broad SMARTS) is 1. The van der Waals surface area contributed by atoms with Crippen molar-refractivity contribution in [3.8, 4) is 0 Å². The highest BCUT2D eigenvalue weighted by molar-refractivity contribution is 7.87. The minimum atomic E-state index is -3.59. The van der Waals surface area contributed by atoms with Crippen molar-refractivity contribution in [1.29, 1.82) is 0 Å². The Kier molecular flexibility index (Phi) is 5.85. The van der Waals surface area contributed by atoms with Crippen LogP contribution in [0.15, 0.2) is 18.2 Å². The van der Waals surface area contributed by atoms with Crippen LogP contribution < -0.4 is 10.0 Å². The lowest BCUT2D eigenvalue weighted by Crippen LogP contribution is -2.45. The van der Waals surface area contributed by atoms with E-state index in [1.54, 1.807) is 13.0 Å². The maximum Gasteiger partial charge on any atom is 0.404 e. The van der Waals surface area contributed by atoms with E-state index < -0.39 is 16.3 Å². The van der Waals surface area contributed by atoms with Gasteiger partial charge in [0.05, 0.1) is 0 Å². The van der Waals surface area contributed by atoms with Gasteiger partial charge in [0.15, 0.2) is 0 Å². The Morgan fingerprint density at radius 2 is 2.13 bits per heavy atom. The van der Waals surface area contributed by atoms with Gasteiger partial charge in [-0.25, -0.2) is 9.52 Å². The Hall–Kier alpha value is -1.35. The molecule has 0 aliphatic carbocycles. The SMILES string of the molecule is CC(CNC(=O)O)CNS(=O)(=O)N1CCc2cc(Cl)ccc2C1. The van der Waals surface area contributed by atoms with E-state index in [4.69, 9.17) is 16.7 Å². The van der Waals surface area contributed by atoms with E-state index in [0.29, 0.717) is 24.5 Å². The predicted molar refractivity (Wildman–Crippen MR) is 87.7 cm³/mol. The molecule has 0 bridgehead atoms. The monoisotopic (exact) mass is 361 g/mol. The van der Waals surface area contributed by atoms with Gasteiger partial charge in [-0.2, -0.15) is 12.7 Å². The lowest BCUT2D eigenvalue weighted by molar-refractivity contribution is 0.192. The van der Waals surface area contributed by atoms with Crippen molar-refractivity contribution in [3.05, 3.63) is 34.3 Å². The van der Waals surface area contributed by atoms with Gasteiger partial charge in [0.2, 0.25) is 0 Å². The van der Waals surface area contributed by atoms with Crippen molar-refractivity contribution in [2.45, 2.75) is 19.9 Å². The smallest absolute Gasteiger partial charge is 0.404 e. The third kappa shape index (κ3) is 5.07. The number of hydrogen-bond donors (Lipinski definition) is 3. The molecule has 1 heterocycles. The lowest BCUT2D eigenvalue weighted by Gasteiger charge is -2.28. The number of nitrogens with zero attached hydrogens (tertiary/aromatic N) is 1. The molecule has 128 valence electrons. The van der Waals surface area contributed by atoms with Crippen molar-refractivity contribution in [2.75, 3.05) is 19.6 Å². The molecule has 3 N–H and O–H groups in total. The molecule has 1 aliphatic heterocycles. The van der Waals surface area contributed by atoms with Crippen LogP contribution in [0.2, 0.25) is 5.02 Å². The van der Waals surface area contributed by atoms with Gasteiger partial charge < -0.3 is 10.4 Å². The van der Waals surface area contributed by atoms with Crippen LogP contribution in [0.1, 0.15) is 18.1 Å². The van der Waals surface area contributed by atoms with Gasteiger partial charge in [-0.05, 0) is 35.6 Å². The summed E-state index contributed by atoms with van der Waals surface area (Å²) in [5, 5.41) is 11.4. The maximum atomic E-state index is 12.4. The molecule has 1 aromatic carbocycles. The van der Waals surface area contributed by atoms with Gasteiger partial charge in [0.1, 0.15) is 0 Å². The Bertz CT molecular complexity index is 681. The van der Waals surface area contributed by atoms with Crippen LogP contribution >= 0.6 is 11.6 Å². The number of carbonyl (C=O) groups is 1. The highest BCUT2D eigenvalue weighted by Gasteiger charge is 2.26. The summed E-state index contributed by atoms with van der Waals surface area (Å²) in [4.78, 5) is 10.4. The van der Waals surface area contributed by atoms with Crippen LogP contribution in [-0.4, -0.2) is 43.6 Å². The van der Waals surface area contributed by atoms with Gasteiger partial charge >= 0.3 is 6.09 Å². The van der Waals surface area contributed by atoms with Crippen LogP contribution in [0.5, 0.6) is 0 Å². The number of halogens is 1. The van der Waals surface area contributed by atoms with Gasteiger partial charge in [-0.1, -0.05) is 24.6 Å². The Morgan fingerprint density at radius 3 is 2.83 bits per heavy atom. The zero-order valence-corrected chi connectivity index (χ0v) is 14.3. The fourth-order valence-corrected chi connectivity index (χ4v) is 3.89. The normalized spacial score (nSPS) is 16.6. The molecule has 0 saturated carbocycles. The molecule has 23 heavy (non-hydrogen) atoms. The first-order chi connectivity index (χ1) is 10.8. The number of amides is 1. The van der Waals surface area contributed by atoms with Crippen LogP contribution in [0.3, 0.4) is 0 Å². The highest BCUT2D eigenvalue weighted by atomic mass is 35.5. The quantitative estimate of drug-likeness (QED) is 0.713. The number of rotatable bonds is 6. The second-order valence-electron chi connectivity index (χ2n) is 5.64. The Labute approximate surface area is 140 Å². The van der Waals surface area contributed by atoms with Crippen molar-refractivity contribution in [2.24, 2.45) is 5.92 Å². The molecule has 0 saturated heterocycles. The average Bonchev–Trinajstić information content (AvgIpc) is 2.50. The molecular formula is C14H20ClN3O4S. The van der Waals surface area contributed by atoms with Gasteiger partial charge in [0, 0.05) is 31.2 Å². The first kappa shape index (κ1) is 18.0. The van der Waals surface area contributed by atoms with Crippen molar-refractivity contribution in [3.63, 3.8) is 0 Å². The molecule has 0 aromatic heterocycles. The summed E-state index contributed by atoms with van der Waals surface area (Å²) >= 11 is 5.95. The average molecular weight is 362 g/mol. The summed E-state index contributed by atoms with van der Waals surface area (Å²) in [5.74, 6) is -0.142. The summed E-state index contributed by atoms with van der Waals surface area (Å²) < 4.78 is 28.6. The van der Waals surface area contributed by atoms with Crippen molar-refractivity contribution >= 4 is 27.9 Å². The largest absolute Gasteiger partial charge is 0.465 e. The fourth-order valence-electron chi connectivity index (χ4n) is 2.37. The summed E-state index contributed by atoms with van der Waals surface area (Å²) in [7, 11) is -3.59. The molecule has 1 unspecified atom stereocenters. The fraction of sp³-hybridized carbons (Fsp3) is 0.500. The maximum absolute atomic E-state index is 12.4. The molecule has 0 spiro atoms. The number of benzene rings is 1. The Morgan fingerprint density at radius 1 is 1.39 bits per heavy atom. The molecule has 1 aliphatic rings. The second-order valence-corrected chi connectivity index (χ2v) is 7.83. The number of hydrogen-bond acceptors (Lipinski definition) is 3. The first-order valence-electron chi connectivity index (χ1n) is 7.27. The molecule has 7 nitrogen and oxygen atoms in total. The van der Waals surface area contributed by atoms with Crippen LogP contribution in [0, 0.1) is 5.92 Å². The third-order valence-corrected chi connectivity index (χ3v) is 5.46.